The van der Waals surface area contributed by atoms with Crippen LogP contribution in [0.25, 0.3) is 0 Å². The van der Waals surface area contributed by atoms with E-state index in [-0.39, 0.29) is 24.0 Å². The Morgan fingerprint density at radius 3 is 2.60 bits per heavy atom. The fourth-order valence-electron chi connectivity index (χ4n) is 3.22. The van der Waals surface area contributed by atoms with E-state index in [0.29, 0.717) is 19.6 Å². The minimum absolute atomic E-state index is 0.0523. The third-order valence-electron chi connectivity index (χ3n) is 4.46. The molecule has 5 nitrogen and oxygen atoms in total. The highest BCUT2D eigenvalue weighted by atomic mass is 16.5. The maximum Gasteiger partial charge on any atom is 0.243 e. The highest BCUT2D eigenvalue weighted by molar-refractivity contribution is 5.87. The van der Waals surface area contributed by atoms with Gasteiger partial charge < -0.3 is 15.0 Å². The molecule has 1 aromatic carbocycles. The third-order valence-corrected chi connectivity index (χ3v) is 4.46. The Balaban J connectivity index is 1.73. The van der Waals surface area contributed by atoms with Gasteiger partial charge in [-0.05, 0) is 38.7 Å². The number of hydrogen-bond acceptors (Lipinski definition) is 3. The Bertz CT molecular complexity index is 559. The van der Waals surface area contributed by atoms with Crippen LogP contribution in [-0.4, -0.2) is 48.1 Å². The molecule has 0 bridgehead atoms. The molecule has 25 heavy (non-hydrogen) atoms. The molecule has 0 radical (unpaired) electrons. The van der Waals surface area contributed by atoms with Crippen LogP contribution in [0.3, 0.4) is 0 Å². The van der Waals surface area contributed by atoms with E-state index in [9.17, 15) is 9.59 Å². The third kappa shape index (κ3) is 6.16. The van der Waals surface area contributed by atoms with E-state index in [1.807, 2.05) is 19.9 Å². The van der Waals surface area contributed by atoms with Gasteiger partial charge in [-0.2, -0.15) is 0 Å². The summed E-state index contributed by atoms with van der Waals surface area (Å²) in [5, 5.41) is 2.90. The molecule has 138 valence electrons. The van der Waals surface area contributed by atoms with Crippen LogP contribution < -0.4 is 5.32 Å². The van der Waals surface area contributed by atoms with Crippen LogP contribution in [0.5, 0.6) is 0 Å². The standard InChI is InChI=1S/C20H30N2O3/c1-15(2)21-20(24)19-13-18(14-22(19)16(3)23)25-12-8-7-11-17-9-5-4-6-10-17/h4-6,9-10,15,18-19H,7-8,11-14H2,1-3H3,(H,21,24)/t18-,19-/m0/s1. The van der Waals surface area contributed by atoms with Gasteiger partial charge in [0.25, 0.3) is 0 Å². The molecule has 1 fully saturated rings. The summed E-state index contributed by atoms with van der Waals surface area (Å²) in [7, 11) is 0. The maximum atomic E-state index is 12.3. The van der Waals surface area contributed by atoms with E-state index in [2.05, 4.69) is 29.6 Å². The Morgan fingerprint density at radius 1 is 1.24 bits per heavy atom. The number of nitrogens with one attached hydrogen (secondary N) is 1. The molecule has 5 heteroatoms. The first-order valence-corrected chi connectivity index (χ1v) is 9.20. The van der Waals surface area contributed by atoms with E-state index in [1.54, 1.807) is 4.90 Å². The molecule has 2 atom stereocenters. The number of rotatable bonds is 8. The first kappa shape index (κ1) is 19.4. The predicted molar refractivity (Wildman–Crippen MR) is 98.2 cm³/mol. The van der Waals surface area contributed by atoms with Gasteiger partial charge in [0.2, 0.25) is 11.8 Å². The number of ether oxygens (including phenoxy) is 1. The van der Waals surface area contributed by atoms with E-state index in [0.717, 1.165) is 19.3 Å². The summed E-state index contributed by atoms with van der Waals surface area (Å²) < 4.78 is 5.93. The molecular formula is C20H30N2O3. The van der Waals surface area contributed by atoms with Crippen molar-refractivity contribution in [2.24, 2.45) is 0 Å². The lowest BCUT2D eigenvalue weighted by atomic mass is 10.1. The number of nitrogens with zero attached hydrogens (tertiary/aromatic N) is 1. The number of unbranched alkanes of at least 4 members (excludes halogenated alkanes) is 1. The van der Waals surface area contributed by atoms with Gasteiger partial charge in [-0.25, -0.2) is 0 Å². The molecule has 0 aromatic heterocycles. The number of hydrogen-bond donors (Lipinski definition) is 1. The van der Waals surface area contributed by atoms with Gasteiger partial charge >= 0.3 is 0 Å². The molecule has 1 aliphatic heterocycles. The summed E-state index contributed by atoms with van der Waals surface area (Å²) in [5.41, 5.74) is 1.34. The summed E-state index contributed by atoms with van der Waals surface area (Å²) in [6.45, 7) is 6.53. The maximum absolute atomic E-state index is 12.3. The van der Waals surface area contributed by atoms with Crippen molar-refractivity contribution in [3.8, 4) is 0 Å². The van der Waals surface area contributed by atoms with Crippen molar-refractivity contribution in [3.63, 3.8) is 0 Å². The fourth-order valence-corrected chi connectivity index (χ4v) is 3.22. The van der Waals surface area contributed by atoms with Gasteiger partial charge in [-0.1, -0.05) is 30.3 Å². The Hall–Kier alpha value is -1.88. The molecule has 2 rings (SSSR count). The number of carbonyl (C=O) groups excluding carboxylic acids is 2. The van der Waals surface area contributed by atoms with Gasteiger partial charge in [0, 0.05) is 32.5 Å². The van der Waals surface area contributed by atoms with Gasteiger partial charge in [0.05, 0.1) is 6.10 Å². The number of carbonyl (C=O) groups is 2. The van der Waals surface area contributed by atoms with Crippen molar-refractivity contribution in [1.82, 2.24) is 10.2 Å². The van der Waals surface area contributed by atoms with Crippen LogP contribution in [-0.2, 0) is 20.7 Å². The van der Waals surface area contributed by atoms with Gasteiger partial charge in [-0.3, -0.25) is 9.59 Å². The summed E-state index contributed by atoms with van der Waals surface area (Å²) in [6.07, 6.45) is 3.63. The molecule has 0 spiro atoms. The Kier molecular flexibility index (Phi) is 7.44. The lowest BCUT2D eigenvalue weighted by molar-refractivity contribution is -0.137. The van der Waals surface area contributed by atoms with E-state index in [1.165, 1.54) is 12.5 Å². The predicted octanol–water partition coefficient (Wildman–Crippen LogP) is 2.54. The highest BCUT2D eigenvalue weighted by Gasteiger charge is 2.38. The van der Waals surface area contributed by atoms with Crippen LogP contribution >= 0.6 is 0 Å². The zero-order valence-corrected chi connectivity index (χ0v) is 15.5. The van der Waals surface area contributed by atoms with Crippen molar-refractivity contribution in [1.29, 1.82) is 0 Å². The molecular weight excluding hydrogens is 316 g/mol. The van der Waals surface area contributed by atoms with Crippen LogP contribution in [0.4, 0.5) is 0 Å². The van der Waals surface area contributed by atoms with Crippen molar-refractivity contribution in [2.75, 3.05) is 13.2 Å². The zero-order valence-electron chi connectivity index (χ0n) is 15.5. The second-order valence-electron chi connectivity index (χ2n) is 7.02. The Labute approximate surface area is 150 Å². The molecule has 2 amide bonds. The first-order valence-electron chi connectivity index (χ1n) is 9.20. The Morgan fingerprint density at radius 2 is 1.96 bits per heavy atom. The molecule has 0 saturated carbocycles. The minimum atomic E-state index is -0.408. The topological polar surface area (TPSA) is 58.6 Å². The molecule has 1 aliphatic rings. The first-order chi connectivity index (χ1) is 12.0. The lowest BCUT2D eigenvalue weighted by Crippen LogP contribution is -2.47. The highest BCUT2D eigenvalue weighted by Crippen LogP contribution is 2.21. The molecule has 1 aromatic rings. The van der Waals surface area contributed by atoms with Gasteiger partial charge in [0.15, 0.2) is 0 Å². The quantitative estimate of drug-likeness (QED) is 0.736. The van der Waals surface area contributed by atoms with E-state index in [4.69, 9.17) is 4.74 Å². The van der Waals surface area contributed by atoms with E-state index >= 15 is 0 Å². The second kappa shape index (κ2) is 9.56. The average molecular weight is 346 g/mol. The lowest BCUT2D eigenvalue weighted by Gasteiger charge is -2.23. The van der Waals surface area contributed by atoms with E-state index < -0.39 is 6.04 Å². The van der Waals surface area contributed by atoms with Crippen LogP contribution in [0.2, 0.25) is 0 Å². The van der Waals surface area contributed by atoms with Crippen molar-refractivity contribution < 1.29 is 14.3 Å². The zero-order chi connectivity index (χ0) is 18.2. The van der Waals surface area contributed by atoms with Crippen LogP contribution in [0, 0.1) is 0 Å². The van der Waals surface area contributed by atoms with Crippen molar-refractivity contribution in [2.45, 2.75) is 64.6 Å². The fraction of sp³-hybridized carbons (Fsp3) is 0.600. The summed E-state index contributed by atoms with van der Waals surface area (Å²) in [5.74, 6) is -0.153. The monoisotopic (exact) mass is 346 g/mol. The number of benzene rings is 1. The SMILES string of the molecule is CC(=O)N1C[C@@H](OCCCCc2ccccc2)C[C@H]1C(=O)NC(C)C. The molecule has 1 saturated heterocycles. The number of amides is 2. The van der Waals surface area contributed by atoms with Crippen molar-refractivity contribution >= 4 is 11.8 Å². The normalized spacial score (nSPS) is 20.1. The largest absolute Gasteiger partial charge is 0.376 e. The second-order valence-corrected chi connectivity index (χ2v) is 7.02. The number of aryl methyl sites for hydroxylation is 1. The smallest absolute Gasteiger partial charge is 0.243 e. The van der Waals surface area contributed by atoms with Crippen LogP contribution in [0.15, 0.2) is 30.3 Å². The summed E-state index contributed by atoms with van der Waals surface area (Å²) >= 11 is 0. The van der Waals surface area contributed by atoms with Crippen LogP contribution in [0.1, 0.15) is 45.6 Å². The van der Waals surface area contributed by atoms with Crippen molar-refractivity contribution in [3.05, 3.63) is 35.9 Å². The molecule has 1 heterocycles. The molecule has 1 N–H and O–H groups in total. The summed E-state index contributed by atoms with van der Waals surface area (Å²) in [6, 6.07) is 10.1. The van der Waals surface area contributed by atoms with Gasteiger partial charge in [0.1, 0.15) is 6.04 Å². The van der Waals surface area contributed by atoms with Gasteiger partial charge in [-0.15, -0.1) is 0 Å². The summed E-state index contributed by atoms with van der Waals surface area (Å²) in [4.78, 5) is 25.7. The minimum Gasteiger partial charge on any atom is -0.376 e. The molecule has 0 aliphatic carbocycles. The average Bonchev–Trinajstić information content (AvgIpc) is 2.99. The molecule has 0 unspecified atom stereocenters. The number of likely N-dealkylation sites (tertiary alicyclic amines) is 1.